The third kappa shape index (κ3) is 4.17. The monoisotopic (exact) mass is 244 g/mol. The van der Waals surface area contributed by atoms with Crippen LogP contribution in [-0.4, -0.2) is 42.3 Å². The second-order valence-electron chi connectivity index (χ2n) is 3.87. The molecule has 0 aliphatic carbocycles. The summed E-state index contributed by atoms with van der Waals surface area (Å²) in [5, 5.41) is 11.8. The molecule has 1 N–H and O–H groups in total. The lowest BCUT2D eigenvalue weighted by atomic mass is 10.3. The van der Waals surface area contributed by atoms with E-state index in [4.69, 9.17) is 9.84 Å². The predicted molar refractivity (Wildman–Crippen MR) is 65.6 cm³/mol. The number of rotatable bonds is 7. The summed E-state index contributed by atoms with van der Waals surface area (Å²) in [4.78, 5) is 6.68. The first-order valence-electron chi connectivity index (χ1n) is 5.44. The molecule has 0 fully saturated rings. The van der Waals surface area contributed by atoms with Crippen molar-refractivity contribution in [2.45, 2.75) is 26.0 Å². The minimum Gasteiger partial charge on any atom is -0.396 e. The smallest absolute Gasteiger partial charge is 0.122 e. The van der Waals surface area contributed by atoms with E-state index in [2.05, 4.69) is 15.3 Å². The zero-order valence-electron chi connectivity index (χ0n) is 10.1. The van der Waals surface area contributed by atoms with Gasteiger partial charge in [-0.05, 0) is 20.4 Å². The number of methoxy groups -OCH3 is 1. The van der Waals surface area contributed by atoms with Gasteiger partial charge < -0.3 is 14.7 Å². The molecule has 1 unspecified atom stereocenters. The lowest BCUT2D eigenvalue weighted by Gasteiger charge is -2.13. The Morgan fingerprint density at radius 2 is 2.38 bits per heavy atom. The normalized spacial score (nSPS) is 13.3. The van der Waals surface area contributed by atoms with Crippen LogP contribution in [0.25, 0.3) is 0 Å². The van der Waals surface area contributed by atoms with Crippen molar-refractivity contribution in [3.05, 3.63) is 16.1 Å². The topological polar surface area (TPSA) is 45.6 Å². The van der Waals surface area contributed by atoms with Crippen molar-refractivity contribution in [3.63, 3.8) is 0 Å². The van der Waals surface area contributed by atoms with Crippen LogP contribution in [-0.2, 0) is 11.3 Å². The number of thiazole rings is 1. The Bertz CT molecular complexity index is 304. The van der Waals surface area contributed by atoms with Gasteiger partial charge in [-0.25, -0.2) is 4.98 Å². The van der Waals surface area contributed by atoms with Crippen LogP contribution in [0, 0.1) is 0 Å². The fourth-order valence-corrected chi connectivity index (χ4v) is 2.22. The van der Waals surface area contributed by atoms with Crippen LogP contribution in [0.5, 0.6) is 0 Å². The highest BCUT2D eigenvalue weighted by Gasteiger charge is 2.10. The second kappa shape index (κ2) is 6.96. The quantitative estimate of drug-likeness (QED) is 0.792. The van der Waals surface area contributed by atoms with E-state index in [1.807, 2.05) is 14.0 Å². The average molecular weight is 244 g/mol. The molecular formula is C11H20N2O2S. The second-order valence-corrected chi connectivity index (χ2v) is 4.76. The van der Waals surface area contributed by atoms with Gasteiger partial charge >= 0.3 is 0 Å². The fourth-order valence-electron chi connectivity index (χ4n) is 1.38. The van der Waals surface area contributed by atoms with E-state index in [0.717, 1.165) is 30.2 Å². The number of aliphatic hydroxyl groups excluding tert-OH is 1. The van der Waals surface area contributed by atoms with Crippen molar-refractivity contribution >= 4 is 11.3 Å². The van der Waals surface area contributed by atoms with Crippen LogP contribution in [0.4, 0.5) is 0 Å². The van der Waals surface area contributed by atoms with Crippen molar-refractivity contribution in [1.29, 1.82) is 0 Å². The first-order chi connectivity index (χ1) is 7.67. The summed E-state index contributed by atoms with van der Waals surface area (Å²) >= 11 is 1.64. The van der Waals surface area contributed by atoms with Crippen LogP contribution in [0.2, 0.25) is 0 Å². The Hall–Kier alpha value is -0.490. The van der Waals surface area contributed by atoms with Gasteiger partial charge in [0.25, 0.3) is 0 Å². The molecule has 1 aromatic heterocycles. The number of hydrogen-bond donors (Lipinski definition) is 1. The van der Waals surface area contributed by atoms with Crippen molar-refractivity contribution in [2.24, 2.45) is 0 Å². The Morgan fingerprint density at radius 1 is 1.62 bits per heavy atom. The SMILES string of the molecule is COC(C)c1nc(CN(C)CCCO)cs1. The Labute approximate surface area is 101 Å². The van der Waals surface area contributed by atoms with Gasteiger partial charge in [-0.1, -0.05) is 0 Å². The van der Waals surface area contributed by atoms with E-state index in [1.165, 1.54) is 0 Å². The van der Waals surface area contributed by atoms with Crippen LogP contribution in [0.1, 0.15) is 30.2 Å². The Morgan fingerprint density at radius 3 is 3.00 bits per heavy atom. The maximum absolute atomic E-state index is 8.73. The van der Waals surface area contributed by atoms with Gasteiger partial charge in [-0.2, -0.15) is 0 Å². The number of aromatic nitrogens is 1. The van der Waals surface area contributed by atoms with E-state index in [-0.39, 0.29) is 12.7 Å². The molecule has 0 aliphatic heterocycles. The third-order valence-electron chi connectivity index (χ3n) is 2.40. The lowest BCUT2D eigenvalue weighted by Crippen LogP contribution is -2.20. The summed E-state index contributed by atoms with van der Waals surface area (Å²) in [6.45, 7) is 3.96. The fraction of sp³-hybridized carbons (Fsp3) is 0.727. The van der Waals surface area contributed by atoms with Gasteiger partial charge in [0.2, 0.25) is 0 Å². The average Bonchev–Trinajstić information content (AvgIpc) is 2.73. The van der Waals surface area contributed by atoms with Crippen molar-refractivity contribution in [2.75, 3.05) is 27.3 Å². The maximum Gasteiger partial charge on any atom is 0.122 e. The lowest BCUT2D eigenvalue weighted by molar-refractivity contribution is 0.119. The molecule has 0 spiro atoms. The third-order valence-corrected chi connectivity index (χ3v) is 3.46. The van der Waals surface area contributed by atoms with Crippen molar-refractivity contribution in [3.8, 4) is 0 Å². The highest BCUT2D eigenvalue weighted by Crippen LogP contribution is 2.20. The summed E-state index contributed by atoms with van der Waals surface area (Å²) < 4.78 is 5.22. The van der Waals surface area contributed by atoms with Crippen LogP contribution < -0.4 is 0 Å². The molecule has 1 aromatic rings. The molecule has 0 saturated carbocycles. The van der Waals surface area contributed by atoms with Crippen molar-refractivity contribution < 1.29 is 9.84 Å². The van der Waals surface area contributed by atoms with Crippen LogP contribution >= 0.6 is 11.3 Å². The van der Waals surface area contributed by atoms with Crippen LogP contribution in [0.3, 0.4) is 0 Å². The number of aliphatic hydroxyl groups is 1. The van der Waals surface area contributed by atoms with E-state index < -0.39 is 0 Å². The predicted octanol–water partition coefficient (Wildman–Crippen LogP) is 1.66. The molecule has 92 valence electrons. The standard InChI is InChI=1S/C11H20N2O2S/c1-9(15-3)11-12-10(8-16-11)7-13(2)5-4-6-14/h8-9,14H,4-7H2,1-3H3. The van der Waals surface area contributed by atoms with Crippen molar-refractivity contribution in [1.82, 2.24) is 9.88 Å². The van der Waals surface area contributed by atoms with Gasteiger partial charge in [0.15, 0.2) is 0 Å². The zero-order valence-corrected chi connectivity index (χ0v) is 11.0. The highest BCUT2D eigenvalue weighted by atomic mass is 32.1. The van der Waals surface area contributed by atoms with E-state index in [1.54, 1.807) is 18.4 Å². The molecule has 1 heterocycles. The molecule has 5 heteroatoms. The number of ether oxygens (including phenoxy) is 1. The number of nitrogens with zero attached hydrogens (tertiary/aromatic N) is 2. The Kier molecular flexibility index (Phi) is 5.90. The molecule has 0 amide bonds. The largest absolute Gasteiger partial charge is 0.396 e. The minimum absolute atomic E-state index is 0.0708. The summed E-state index contributed by atoms with van der Waals surface area (Å²) in [7, 11) is 3.73. The van der Waals surface area contributed by atoms with Gasteiger partial charge in [0, 0.05) is 32.2 Å². The Balaban J connectivity index is 2.45. The molecule has 16 heavy (non-hydrogen) atoms. The molecule has 1 rings (SSSR count). The van der Waals surface area contributed by atoms with E-state index >= 15 is 0 Å². The van der Waals surface area contributed by atoms with E-state index in [9.17, 15) is 0 Å². The first-order valence-corrected chi connectivity index (χ1v) is 6.31. The molecule has 0 saturated heterocycles. The number of hydrogen-bond acceptors (Lipinski definition) is 5. The van der Waals surface area contributed by atoms with Gasteiger partial charge in [-0.15, -0.1) is 11.3 Å². The molecule has 1 atom stereocenters. The maximum atomic E-state index is 8.73. The highest BCUT2D eigenvalue weighted by molar-refractivity contribution is 7.09. The van der Waals surface area contributed by atoms with Crippen LogP contribution in [0.15, 0.2) is 5.38 Å². The van der Waals surface area contributed by atoms with E-state index in [0.29, 0.717) is 0 Å². The zero-order chi connectivity index (χ0) is 12.0. The molecule has 0 radical (unpaired) electrons. The summed E-state index contributed by atoms with van der Waals surface area (Å²) in [6, 6.07) is 0. The minimum atomic E-state index is 0.0708. The molecule has 0 aromatic carbocycles. The van der Waals surface area contributed by atoms with Gasteiger partial charge in [0.05, 0.1) is 5.69 Å². The summed E-state index contributed by atoms with van der Waals surface area (Å²) in [6.07, 6.45) is 0.878. The molecule has 4 nitrogen and oxygen atoms in total. The van der Waals surface area contributed by atoms with Gasteiger partial charge in [0.1, 0.15) is 11.1 Å². The molecule has 0 aliphatic rings. The summed E-state index contributed by atoms with van der Waals surface area (Å²) in [5.74, 6) is 0. The summed E-state index contributed by atoms with van der Waals surface area (Å²) in [5.41, 5.74) is 1.07. The molecule has 0 bridgehead atoms. The van der Waals surface area contributed by atoms with Gasteiger partial charge in [-0.3, -0.25) is 0 Å². The first kappa shape index (κ1) is 13.6. The molecular weight excluding hydrogens is 224 g/mol.